The van der Waals surface area contributed by atoms with Crippen LogP contribution in [-0.4, -0.2) is 60.3 Å². The first-order valence-electron chi connectivity index (χ1n) is 7.96. The summed E-state index contributed by atoms with van der Waals surface area (Å²) in [6.07, 6.45) is 1.86. The maximum absolute atomic E-state index is 12.1. The molecule has 1 amide bonds. The number of likely N-dealkylation sites (tertiary alicyclic amines) is 1. The predicted octanol–water partition coefficient (Wildman–Crippen LogP) is 1.36. The number of aryl methyl sites for hydroxylation is 2. The highest BCUT2D eigenvalue weighted by molar-refractivity contribution is 5.80. The number of carbonyl (C=O) groups excluding carboxylic acids is 1. The highest BCUT2D eigenvalue weighted by Gasteiger charge is 2.42. The zero-order valence-corrected chi connectivity index (χ0v) is 13.8. The molecule has 3 rings (SSSR count). The number of rotatable bonds is 3. The lowest BCUT2D eigenvalue weighted by Gasteiger charge is -2.33. The van der Waals surface area contributed by atoms with Gasteiger partial charge in [-0.2, -0.15) is 0 Å². The molecule has 2 saturated heterocycles. The predicted molar refractivity (Wildman–Crippen MR) is 81.3 cm³/mol. The quantitative estimate of drug-likeness (QED) is 0.844. The Hall–Kier alpha value is -1.40. The van der Waals surface area contributed by atoms with Crippen LogP contribution in [0.2, 0.25) is 0 Å². The van der Waals surface area contributed by atoms with Crippen molar-refractivity contribution in [2.75, 3.05) is 27.2 Å². The van der Waals surface area contributed by atoms with Crippen molar-refractivity contribution in [1.29, 1.82) is 0 Å². The normalized spacial score (nSPS) is 28.6. The van der Waals surface area contributed by atoms with Crippen LogP contribution >= 0.6 is 0 Å². The van der Waals surface area contributed by atoms with Crippen molar-refractivity contribution < 1.29 is 14.1 Å². The summed E-state index contributed by atoms with van der Waals surface area (Å²) in [4.78, 5) is 16.1. The Kier molecular flexibility index (Phi) is 4.23. The Morgan fingerprint density at radius 3 is 2.82 bits per heavy atom. The number of hydrogen-bond acceptors (Lipinski definition) is 5. The van der Waals surface area contributed by atoms with Crippen molar-refractivity contribution in [1.82, 2.24) is 15.0 Å². The first-order chi connectivity index (χ1) is 10.5. The zero-order chi connectivity index (χ0) is 15.9. The molecular formula is C16H25N3O3. The lowest BCUT2D eigenvalue weighted by atomic mass is 9.91. The minimum Gasteiger partial charge on any atom is -0.364 e. The topological polar surface area (TPSA) is 58.8 Å². The number of piperidine rings is 1. The molecule has 0 N–H and O–H groups in total. The molecule has 6 heteroatoms. The van der Waals surface area contributed by atoms with Gasteiger partial charge in [0, 0.05) is 32.7 Å². The Bertz CT molecular complexity index is 535. The average molecular weight is 307 g/mol. The highest BCUT2D eigenvalue weighted by Crippen LogP contribution is 2.34. The van der Waals surface area contributed by atoms with Gasteiger partial charge in [0.25, 0.3) is 5.91 Å². The number of amides is 1. The van der Waals surface area contributed by atoms with Crippen LogP contribution in [0.3, 0.4) is 0 Å². The third-order valence-corrected chi connectivity index (χ3v) is 4.92. The molecule has 2 aliphatic rings. The molecule has 122 valence electrons. The van der Waals surface area contributed by atoms with Gasteiger partial charge in [0.15, 0.2) is 0 Å². The minimum atomic E-state index is -0.260. The molecule has 2 fully saturated rings. The van der Waals surface area contributed by atoms with E-state index < -0.39 is 0 Å². The monoisotopic (exact) mass is 307 g/mol. The lowest BCUT2D eigenvalue weighted by Crippen LogP contribution is -2.42. The van der Waals surface area contributed by atoms with E-state index in [4.69, 9.17) is 9.26 Å². The van der Waals surface area contributed by atoms with Crippen LogP contribution in [0.5, 0.6) is 0 Å². The van der Waals surface area contributed by atoms with E-state index in [1.54, 1.807) is 19.0 Å². The van der Waals surface area contributed by atoms with Gasteiger partial charge in [-0.25, -0.2) is 0 Å². The summed E-state index contributed by atoms with van der Waals surface area (Å²) >= 11 is 0. The molecule has 2 aliphatic heterocycles. The smallest absolute Gasteiger partial charge is 0.251 e. The van der Waals surface area contributed by atoms with Crippen LogP contribution in [-0.2, 0) is 16.1 Å². The number of nitrogens with zero attached hydrogens (tertiary/aromatic N) is 3. The first kappa shape index (κ1) is 15.5. The third kappa shape index (κ3) is 2.90. The Morgan fingerprint density at radius 2 is 2.18 bits per heavy atom. The van der Waals surface area contributed by atoms with Crippen molar-refractivity contribution >= 4 is 5.91 Å². The molecule has 3 atom stereocenters. The van der Waals surface area contributed by atoms with Gasteiger partial charge in [0.1, 0.15) is 11.9 Å². The molecule has 6 nitrogen and oxygen atoms in total. The van der Waals surface area contributed by atoms with E-state index in [0.29, 0.717) is 5.92 Å². The van der Waals surface area contributed by atoms with Crippen LogP contribution in [0, 0.1) is 19.8 Å². The summed E-state index contributed by atoms with van der Waals surface area (Å²) in [7, 11) is 3.58. The number of aromatic nitrogens is 1. The molecule has 0 aliphatic carbocycles. The Balaban J connectivity index is 1.61. The van der Waals surface area contributed by atoms with Crippen LogP contribution in [0.25, 0.3) is 0 Å². The van der Waals surface area contributed by atoms with Gasteiger partial charge >= 0.3 is 0 Å². The van der Waals surface area contributed by atoms with Crippen molar-refractivity contribution in [2.24, 2.45) is 5.92 Å². The van der Waals surface area contributed by atoms with Gasteiger partial charge in [-0.05, 0) is 39.2 Å². The Morgan fingerprint density at radius 1 is 1.41 bits per heavy atom. The largest absolute Gasteiger partial charge is 0.364 e. The summed E-state index contributed by atoms with van der Waals surface area (Å²) in [5.41, 5.74) is 2.14. The molecule has 3 heterocycles. The highest BCUT2D eigenvalue weighted by atomic mass is 16.5. The second-order valence-corrected chi connectivity index (χ2v) is 6.72. The lowest BCUT2D eigenvalue weighted by molar-refractivity contribution is -0.141. The first-order valence-corrected chi connectivity index (χ1v) is 7.96. The summed E-state index contributed by atoms with van der Waals surface area (Å²) in [5, 5.41) is 4.02. The molecular weight excluding hydrogens is 282 g/mol. The summed E-state index contributed by atoms with van der Waals surface area (Å²) in [6.45, 7) is 6.71. The van der Waals surface area contributed by atoms with E-state index in [0.717, 1.165) is 43.9 Å². The second-order valence-electron chi connectivity index (χ2n) is 6.72. The number of fused-ring (bicyclic) bond motifs is 1. The van der Waals surface area contributed by atoms with E-state index in [-0.39, 0.29) is 18.1 Å². The molecule has 22 heavy (non-hydrogen) atoms. The van der Waals surface area contributed by atoms with E-state index in [2.05, 4.69) is 10.1 Å². The fraction of sp³-hybridized carbons (Fsp3) is 0.750. The van der Waals surface area contributed by atoms with Crippen molar-refractivity contribution in [2.45, 2.75) is 45.4 Å². The Labute approximate surface area is 131 Å². The second kappa shape index (κ2) is 6.01. The van der Waals surface area contributed by atoms with Crippen LogP contribution in [0.1, 0.15) is 29.9 Å². The number of likely N-dealkylation sites (N-methyl/N-ethyl adjacent to an activating group) is 1. The summed E-state index contributed by atoms with van der Waals surface area (Å²) in [5.74, 6) is 1.49. The number of hydrogen-bond donors (Lipinski definition) is 0. The zero-order valence-electron chi connectivity index (χ0n) is 13.8. The van der Waals surface area contributed by atoms with E-state index in [1.807, 2.05) is 13.8 Å². The molecule has 1 aromatic heterocycles. The molecule has 0 saturated carbocycles. The SMILES string of the molecule is Cc1noc(C)c1CN1CC[C@H]2C[C@@H](C(=O)N(C)C)O[C@@H]2C1. The van der Waals surface area contributed by atoms with E-state index >= 15 is 0 Å². The molecule has 0 unspecified atom stereocenters. The standard InChI is InChI=1S/C16H25N3O3/c1-10-13(11(2)22-17-10)8-19-6-5-12-7-14(16(20)18(3)4)21-15(12)9-19/h12,14-15H,5-9H2,1-4H3/t12-,14-,15+/m0/s1. The van der Waals surface area contributed by atoms with Gasteiger partial charge in [0.05, 0.1) is 11.8 Å². The minimum absolute atomic E-state index is 0.0895. The van der Waals surface area contributed by atoms with Gasteiger partial charge in [-0.15, -0.1) is 0 Å². The maximum Gasteiger partial charge on any atom is 0.251 e. The van der Waals surface area contributed by atoms with Crippen LogP contribution in [0.4, 0.5) is 0 Å². The van der Waals surface area contributed by atoms with Crippen LogP contribution < -0.4 is 0 Å². The molecule has 0 radical (unpaired) electrons. The fourth-order valence-corrected chi connectivity index (χ4v) is 3.54. The van der Waals surface area contributed by atoms with Crippen molar-refractivity contribution in [3.63, 3.8) is 0 Å². The fourth-order valence-electron chi connectivity index (χ4n) is 3.54. The summed E-state index contributed by atoms with van der Waals surface area (Å²) < 4.78 is 11.3. The van der Waals surface area contributed by atoms with E-state index in [9.17, 15) is 4.79 Å². The van der Waals surface area contributed by atoms with Crippen molar-refractivity contribution in [3.05, 3.63) is 17.0 Å². The van der Waals surface area contributed by atoms with Gasteiger partial charge in [-0.1, -0.05) is 5.16 Å². The van der Waals surface area contributed by atoms with Crippen molar-refractivity contribution in [3.8, 4) is 0 Å². The maximum atomic E-state index is 12.1. The molecule has 0 bridgehead atoms. The molecule has 0 aromatic carbocycles. The third-order valence-electron chi connectivity index (χ3n) is 4.92. The van der Waals surface area contributed by atoms with Crippen LogP contribution in [0.15, 0.2) is 4.52 Å². The van der Waals surface area contributed by atoms with E-state index in [1.165, 1.54) is 5.56 Å². The van der Waals surface area contributed by atoms with Gasteiger partial charge < -0.3 is 14.2 Å². The van der Waals surface area contributed by atoms with Gasteiger partial charge in [-0.3, -0.25) is 9.69 Å². The summed E-state index contributed by atoms with van der Waals surface area (Å²) in [6, 6.07) is 0. The van der Waals surface area contributed by atoms with Gasteiger partial charge in [0.2, 0.25) is 0 Å². The molecule has 1 aromatic rings. The number of ether oxygens (including phenoxy) is 1. The molecule has 0 spiro atoms. The average Bonchev–Trinajstić information content (AvgIpc) is 3.04. The number of carbonyl (C=O) groups is 1.